The normalized spacial score (nSPS) is 13.9. The number of carbonyl (C=O) groups excluding carboxylic acids is 8. The van der Waals surface area contributed by atoms with Crippen LogP contribution in [0.25, 0.3) is 43.2 Å². The number of hydrogen-bond donors (Lipinski definition) is 9. The van der Waals surface area contributed by atoms with Crippen LogP contribution in [0.4, 0.5) is 19.7 Å². The van der Waals surface area contributed by atoms with E-state index in [1.807, 2.05) is 43.3 Å². The van der Waals surface area contributed by atoms with Crippen molar-refractivity contribution >= 4 is 109 Å². The maximum absolute atomic E-state index is 14.7. The number of rotatable bonds is 53. The number of carboxylic acids is 2. The van der Waals surface area contributed by atoms with E-state index >= 15 is 0 Å². The van der Waals surface area contributed by atoms with Gasteiger partial charge in [-0.1, -0.05) is 80.0 Å². The van der Waals surface area contributed by atoms with Crippen LogP contribution in [0.3, 0.4) is 0 Å². The first kappa shape index (κ1) is 101. The molecule has 2 aliphatic heterocycles. The van der Waals surface area contributed by atoms with Gasteiger partial charge in [0.1, 0.15) is 72.7 Å². The highest BCUT2D eigenvalue weighted by atomic mass is 35.5. The van der Waals surface area contributed by atoms with Gasteiger partial charge in [0, 0.05) is 99.2 Å². The lowest BCUT2D eigenvalue weighted by atomic mass is 9.96. The van der Waals surface area contributed by atoms with E-state index in [-0.39, 0.29) is 142 Å². The molecule has 0 radical (unpaired) electrons. The Hall–Kier alpha value is -12.4. The van der Waals surface area contributed by atoms with Crippen LogP contribution in [-0.4, -0.2) is 275 Å². The highest BCUT2D eigenvalue weighted by Crippen LogP contribution is 2.50. The number of halogens is 2. The number of nitrogens with zero attached hydrogens (tertiary/aromatic N) is 8. The summed E-state index contributed by atoms with van der Waals surface area (Å²) >= 11 is 8.61. The topological polar surface area (TPSA) is 488 Å². The highest BCUT2D eigenvalue weighted by molar-refractivity contribution is 7.88. The number of quaternary nitrogens is 1. The molecule has 10 rings (SSSR count). The number of aliphatic carboxylic acids is 2. The molecule has 10 N–H and O–H groups in total. The van der Waals surface area contributed by atoms with Gasteiger partial charge in [0.2, 0.25) is 35.6 Å². The zero-order valence-electron chi connectivity index (χ0n) is 73.3. The number of fused-ring (bicyclic) bond motifs is 1. The van der Waals surface area contributed by atoms with Gasteiger partial charge in [-0.2, -0.15) is 13.1 Å². The molecule has 42 heteroatoms. The molecule has 8 aromatic rings. The highest BCUT2D eigenvalue weighted by Gasteiger charge is 2.35. The number of carboxylic acid groups (broad SMARTS) is 2. The van der Waals surface area contributed by atoms with Crippen molar-refractivity contribution in [3.63, 3.8) is 0 Å². The number of carbonyl (C=O) groups is 10. The smallest absolute Gasteiger partial charge is 0.421 e. The third-order valence-corrected chi connectivity index (χ3v) is 23.8. The van der Waals surface area contributed by atoms with Crippen LogP contribution in [0.2, 0.25) is 5.02 Å². The number of imide groups is 1. The van der Waals surface area contributed by atoms with Gasteiger partial charge < -0.3 is 89.2 Å². The standard InChI is InChI=1S/C89H107ClFN15O23S2/c1-56(2)80(101-72(107)28-40-122-44-37-105-74(109)25-26-75(105)110)84(114)100-67(14-11-31-94-88(92)117)83(113)99-63-22-19-60(61(50-63)52-103(4)73(108)29-42-127-89(118)102-131(119,120)97-33-43-124-47-49-125-48-46-123-41-30-76(111)112)53-106(5)38-34-104(35-39-106)36-45-126-70-24-23-65(57(3)79(70)90)77-78-85(95-55-96-86(78)130-81(77)58-17-20-62(91)21-18-58)129-71(87(115)116)51-59-12-7-9-15-68(59)128-54-64-27-32-93-82(98-64)66-13-8-10-16-69(66)121-6/h7-10,12-13,15-27,32,50,55-56,67,71,80,97H,11,14,28-31,33-49,51-54H2,1-6H3,(H8-,92,94,99,100,101,102,107,111,112,113,114,115,116,117,118)/p+1/t67-,71+,80-/m0/s1. The molecule has 702 valence electrons. The zero-order chi connectivity index (χ0) is 94.2. The Kier molecular flexibility index (Phi) is 38.1. The van der Waals surface area contributed by atoms with E-state index in [0.717, 1.165) is 22.6 Å². The van der Waals surface area contributed by atoms with Crippen LogP contribution in [0, 0.1) is 18.7 Å². The number of piperazine rings is 1. The Morgan fingerprint density at radius 2 is 1.42 bits per heavy atom. The molecule has 38 nitrogen and oxygen atoms in total. The fourth-order valence-corrected chi connectivity index (χ4v) is 16.2. The van der Waals surface area contributed by atoms with Crippen molar-refractivity contribution in [1.82, 2.24) is 60.0 Å². The zero-order valence-corrected chi connectivity index (χ0v) is 75.7. The molecule has 0 aliphatic carbocycles. The summed E-state index contributed by atoms with van der Waals surface area (Å²) in [5.74, 6) is -4.82. The van der Waals surface area contributed by atoms with Crippen molar-refractivity contribution in [2.45, 2.75) is 97.2 Å². The Labute approximate surface area is 765 Å². The predicted molar refractivity (Wildman–Crippen MR) is 479 cm³/mol. The van der Waals surface area contributed by atoms with Crippen molar-refractivity contribution in [3.8, 4) is 56.1 Å². The quantitative estimate of drug-likeness (QED) is 0.0102. The van der Waals surface area contributed by atoms with Crippen molar-refractivity contribution in [1.29, 1.82) is 0 Å². The van der Waals surface area contributed by atoms with Crippen molar-refractivity contribution in [3.05, 3.63) is 173 Å². The molecule has 0 spiro atoms. The number of para-hydroxylation sites is 2. The summed E-state index contributed by atoms with van der Waals surface area (Å²) in [4.78, 5) is 152. The number of thiophene rings is 1. The lowest BCUT2D eigenvalue weighted by Gasteiger charge is -2.42. The fourth-order valence-electron chi connectivity index (χ4n) is 14.1. The molecule has 0 unspecified atom stereocenters. The van der Waals surface area contributed by atoms with Crippen LogP contribution in [0.1, 0.15) is 73.9 Å². The van der Waals surface area contributed by atoms with E-state index in [2.05, 4.69) is 52.9 Å². The summed E-state index contributed by atoms with van der Waals surface area (Å²) in [7, 11) is 0.750. The van der Waals surface area contributed by atoms with Gasteiger partial charge in [-0.05, 0) is 108 Å². The van der Waals surface area contributed by atoms with E-state index < -0.39 is 106 Å². The summed E-state index contributed by atoms with van der Waals surface area (Å²) < 4.78 is 95.7. The summed E-state index contributed by atoms with van der Waals surface area (Å²) in [5, 5.41) is 31.2. The minimum absolute atomic E-state index is 0.0126. The van der Waals surface area contributed by atoms with Gasteiger partial charge in [-0.25, -0.2) is 43.4 Å². The Bertz CT molecular complexity index is 5460. The number of primary amides is 1. The molecule has 1 fully saturated rings. The third-order valence-electron chi connectivity index (χ3n) is 21.2. The van der Waals surface area contributed by atoms with Crippen LogP contribution >= 0.6 is 22.9 Å². The van der Waals surface area contributed by atoms with Crippen molar-refractivity contribution in [2.75, 3.05) is 145 Å². The van der Waals surface area contributed by atoms with E-state index in [9.17, 15) is 65.9 Å². The molecule has 3 aromatic heterocycles. The molecule has 9 amide bonds. The van der Waals surface area contributed by atoms with Gasteiger partial charge in [0.25, 0.3) is 11.8 Å². The van der Waals surface area contributed by atoms with E-state index in [1.54, 1.807) is 92.5 Å². The van der Waals surface area contributed by atoms with Gasteiger partial charge in [0.15, 0.2) is 5.82 Å². The Balaban J connectivity index is 0.796. The second-order valence-corrected chi connectivity index (χ2v) is 34.0. The number of methoxy groups -OCH3 is 1. The molecule has 5 aromatic carbocycles. The van der Waals surface area contributed by atoms with Crippen LogP contribution in [0.5, 0.6) is 23.1 Å². The second kappa shape index (κ2) is 49.5. The molecular formula is C89H108ClFN15O23S2+. The van der Waals surface area contributed by atoms with Crippen LogP contribution in [-0.2, 0) is 98.4 Å². The average molecular weight is 1870 g/mol. The molecule has 1 saturated heterocycles. The first-order chi connectivity index (χ1) is 62.8. The Morgan fingerprint density at radius 3 is 2.13 bits per heavy atom. The monoisotopic (exact) mass is 1870 g/mol. The minimum Gasteiger partial charge on any atom is -0.496 e. The minimum atomic E-state index is -4.43. The number of amides is 9. The third kappa shape index (κ3) is 30.6. The maximum Gasteiger partial charge on any atom is 0.421 e. The number of nitrogens with one attached hydrogen (secondary N) is 6. The summed E-state index contributed by atoms with van der Waals surface area (Å²) in [6.45, 7) is 8.53. The SMILES string of the molecule is COc1ccccc1-c1nccc(COc2ccccc2C[C@@H](Oc2ncnc3sc(-c4ccc(F)cc4)c(-c4ccc(OCCN5CC[N+](C)(Cc6ccc(NC(=O)[C@H](CCCNC(N)=O)NC(=O)[C@@H](NC(=O)CCOCCN7C(=O)C=CC7=O)C(C)C)cc6CN(C)C(=O)CCOC(=O)NS(=O)(=O)NCCOCCOCCOCCC(=O)O)CC5)c(Cl)c4C)c23)C(=O)O)n1. The molecular weight excluding hydrogens is 1770 g/mol. The number of anilines is 1. The maximum atomic E-state index is 14.7. The van der Waals surface area contributed by atoms with Crippen molar-refractivity contribution in [2.24, 2.45) is 11.7 Å². The van der Waals surface area contributed by atoms with Crippen molar-refractivity contribution < 1.29 is 118 Å². The lowest BCUT2D eigenvalue weighted by Crippen LogP contribution is -2.57. The Morgan fingerprint density at radius 1 is 0.725 bits per heavy atom. The van der Waals surface area contributed by atoms with Crippen LogP contribution in [0.15, 0.2) is 134 Å². The van der Waals surface area contributed by atoms with Gasteiger partial charge in [-0.15, -0.1) is 11.3 Å². The van der Waals surface area contributed by atoms with E-state index in [4.69, 9.17) is 70.1 Å². The number of ether oxygens (including phenoxy) is 9. The van der Waals surface area contributed by atoms with E-state index in [0.29, 0.717) is 132 Å². The molecule has 3 atom stereocenters. The fraction of sp³-hybridized carbons (Fsp3) is 0.416. The largest absolute Gasteiger partial charge is 0.496 e. The number of nitrogens with two attached hydrogens (primary N) is 1. The summed E-state index contributed by atoms with van der Waals surface area (Å²) in [6, 6.07) is 27.7. The second-order valence-electron chi connectivity index (χ2n) is 31.2. The predicted octanol–water partition coefficient (Wildman–Crippen LogP) is 7.36. The summed E-state index contributed by atoms with van der Waals surface area (Å²) in [6.07, 6.45) is 1.64. The van der Waals surface area contributed by atoms with Gasteiger partial charge in [-0.3, -0.25) is 43.4 Å². The molecule has 131 heavy (non-hydrogen) atoms. The number of aromatic nitrogens is 4. The molecule has 0 saturated carbocycles. The average Bonchev–Trinajstić information content (AvgIpc) is 1.60. The first-order valence-corrected chi connectivity index (χ1v) is 44.9. The molecule has 0 bridgehead atoms. The van der Waals surface area contributed by atoms with Gasteiger partial charge in [0.05, 0.1) is 121 Å². The molecule has 2 aliphatic rings. The number of hydrogen-bond acceptors (Lipinski definition) is 27. The number of urea groups is 1. The van der Waals surface area contributed by atoms with Gasteiger partial charge >= 0.3 is 34.3 Å². The number of benzene rings is 5. The summed E-state index contributed by atoms with van der Waals surface area (Å²) in [5.41, 5.74) is 11.2. The first-order valence-electron chi connectivity index (χ1n) is 42.2. The van der Waals surface area contributed by atoms with E-state index in [1.165, 1.54) is 41.7 Å². The molecule has 5 heterocycles. The van der Waals surface area contributed by atoms with Crippen LogP contribution < -0.4 is 55.4 Å². The number of likely N-dealkylation sites (N-methyl/N-ethyl adjacent to an activating group) is 1. The lowest BCUT2D eigenvalue weighted by molar-refractivity contribution is -0.926.